The van der Waals surface area contributed by atoms with Crippen LogP contribution >= 0.6 is 66.4 Å². The molecule has 0 bridgehead atoms. The number of ether oxygens (including phenoxy) is 1. The Hall–Kier alpha value is 0.260. The molecule has 1 heterocycles. The summed E-state index contributed by atoms with van der Waals surface area (Å²) in [4.78, 5) is 0.0101. The lowest BCUT2D eigenvalue weighted by Crippen LogP contribution is -1.94. The maximum Gasteiger partial charge on any atom is 0.138 e. The van der Waals surface area contributed by atoms with Crippen molar-refractivity contribution in [3.8, 4) is 5.75 Å². The summed E-state index contributed by atoms with van der Waals surface area (Å²) in [6.45, 7) is 0. The van der Waals surface area contributed by atoms with Crippen molar-refractivity contribution in [2.24, 2.45) is 0 Å². The molecule has 0 radical (unpaired) electrons. The molecular weight excluding hydrogens is 423 g/mol. The first-order valence-electron chi connectivity index (χ1n) is 4.94. The highest BCUT2D eigenvalue weighted by atomic mass is 79.9. The van der Waals surface area contributed by atoms with Gasteiger partial charge in [-0.25, -0.2) is 0 Å². The van der Waals surface area contributed by atoms with Crippen molar-refractivity contribution in [3.05, 3.63) is 48.5 Å². The number of alkyl halides is 1. The lowest BCUT2D eigenvalue weighted by atomic mass is 10.1. The fourth-order valence-corrected chi connectivity index (χ4v) is 4.19. The topological polar surface area (TPSA) is 9.23 Å². The number of methoxy groups -OCH3 is 1. The fraction of sp³-hybridized carbons (Fsp3) is 0.167. The molecule has 2 rings (SSSR count). The lowest BCUT2D eigenvalue weighted by molar-refractivity contribution is 0.415. The van der Waals surface area contributed by atoms with Crippen molar-refractivity contribution < 1.29 is 4.74 Å². The highest BCUT2D eigenvalue weighted by molar-refractivity contribution is 9.11. The summed E-state index contributed by atoms with van der Waals surface area (Å²) in [6.07, 6.45) is 0. The van der Waals surface area contributed by atoms with Gasteiger partial charge in [-0.2, -0.15) is 0 Å². The van der Waals surface area contributed by atoms with Crippen molar-refractivity contribution in [1.82, 2.24) is 0 Å². The van der Waals surface area contributed by atoms with E-state index in [1.54, 1.807) is 24.5 Å². The average molecular weight is 431 g/mol. The van der Waals surface area contributed by atoms with E-state index < -0.39 is 0 Å². The number of thiophene rings is 1. The molecule has 1 unspecified atom stereocenters. The van der Waals surface area contributed by atoms with Crippen LogP contribution in [0, 0.1) is 0 Å². The van der Waals surface area contributed by atoms with E-state index in [1.165, 1.54) is 0 Å². The molecule has 0 aliphatic heterocycles. The zero-order chi connectivity index (χ0) is 13.3. The molecule has 1 nitrogen and oxygen atoms in total. The molecule has 0 aliphatic carbocycles. The van der Waals surface area contributed by atoms with Gasteiger partial charge < -0.3 is 4.74 Å². The van der Waals surface area contributed by atoms with Crippen LogP contribution < -0.4 is 4.74 Å². The van der Waals surface area contributed by atoms with Gasteiger partial charge in [0.15, 0.2) is 0 Å². The Bertz CT molecular complexity index is 571. The highest BCUT2D eigenvalue weighted by Crippen LogP contribution is 2.41. The van der Waals surface area contributed by atoms with Crippen LogP contribution in [0.5, 0.6) is 5.75 Å². The van der Waals surface area contributed by atoms with E-state index in [1.807, 2.05) is 6.07 Å². The highest BCUT2D eigenvalue weighted by Gasteiger charge is 2.17. The second kappa shape index (κ2) is 6.14. The monoisotopic (exact) mass is 428 g/mol. The van der Waals surface area contributed by atoms with Gasteiger partial charge in [0.1, 0.15) is 5.75 Å². The molecule has 0 saturated carbocycles. The van der Waals surface area contributed by atoms with E-state index in [4.69, 9.17) is 27.9 Å². The van der Waals surface area contributed by atoms with Gasteiger partial charge in [-0.05, 0) is 44.6 Å². The Morgan fingerprint density at radius 2 is 1.94 bits per heavy atom. The van der Waals surface area contributed by atoms with Crippen LogP contribution in [0.4, 0.5) is 0 Å². The minimum atomic E-state index is 0.0101. The average Bonchev–Trinajstić information content (AvgIpc) is 2.77. The van der Waals surface area contributed by atoms with Crippen LogP contribution in [-0.4, -0.2) is 7.11 Å². The minimum Gasteiger partial charge on any atom is -0.495 e. The molecule has 6 heteroatoms. The molecule has 0 spiro atoms. The van der Waals surface area contributed by atoms with E-state index in [-0.39, 0.29) is 4.83 Å². The first-order valence-corrected chi connectivity index (χ1v) is 8.28. The molecule has 0 fully saturated rings. The third-order valence-corrected chi connectivity index (χ3v) is 5.59. The second-order valence-corrected chi connectivity index (χ2v) is 7.58. The van der Waals surface area contributed by atoms with Crippen LogP contribution in [-0.2, 0) is 0 Å². The van der Waals surface area contributed by atoms with Crippen LogP contribution in [0.15, 0.2) is 27.4 Å². The summed E-state index contributed by atoms with van der Waals surface area (Å²) in [5.41, 5.74) is 2.06. The molecule has 18 heavy (non-hydrogen) atoms. The number of halogens is 4. The largest absolute Gasteiger partial charge is 0.495 e. The van der Waals surface area contributed by atoms with Crippen molar-refractivity contribution in [2.75, 3.05) is 7.11 Å². The van der Waals surface area contributed by atoms with Crippen molar-refractivity contribution >= 4 is 66.4 Å². The van der Waals surface area contributed by atoms with Crippen LogP contribution in [0.3, 0.4) is 0 Å². The van der Waals surface area contributed by atoms with Gasteiger partial charge >= 0.3 is 0 Å². The SMILES string of the molecule is COc1cc(Cl)c(C(Br)c2csc(Br)c2)cc1Cl. The Kier molecular flexibility index (Phi) is 5.00. The van der Waals surface area contributed by atoms with Gasteiger partial charge in [0.2, 0.25) is 0 Å². The smallest absolute Gasteiger partial charge is 0.138 e. The summed E-state index contributed by atoms with van der Waals surface area (Å²) >= 11 is 21.1. The maximum absolute atomic E-state index is 6.25. The lowest BCUT2D eigenvalue weighted by Gasteiger charge is -2.13. The molecular formula is C12H8Br2Cl2OS. The van der Waals surface area contributed by atoms with Gasteiger partial charge in [0.05, 0.1) is 20.7 Å². The van der Waals surface area contributed by atoms with E-state index in [2.05, 4.69) is 43.3 Å². The third kappa shape index (κ3) is 3.05. The summed E-state index contributed by atoms with van der Waals surface area (Å²) in [6, 6.07) is 5.61. The zero-order valence-corrected chi connectivity index (χ0v) is 14.7. The molecule has 0 N–H and O–H groups in total. The molecule has 1 atom stereocenters. The second-order valence-electron chi connectivity index (χ2n) is 3.55. The Morgan fingerprint density at radius 3 is 2.50 bits per heavy atom. The first-order chi connectivity index (χ1) is 8.52. The molecule has 0 aliphatic rings. The number of hydrogen-bond donors (Lipinski definition) is 0. The van der Waals surface area contributed by atoms with Crippen LogP contribution in [0.2, 0.25) is 10.0 Å². The quantitative estimate of drug-likeness (QED) is 0.518. The summed E-state index contributed by atoms with van der Waals surface area (Å²) < 4.78 is 6.21. The minimum absolute atomic E-state index is 0.0101. The molecule has 1 aromatic heterocycles. The number of rotatable bonds is 3. The van der Waals surface area contributed by atoms with Gasteiger partial charge in [-0.1, -0.05) is 39.1 Å². The predicted octanol–water partition coefficient (Wildman–Crippen LogP) is 6.31. The Morgan fingerprint density at radius 1 is 1.22 bits per heavy atom. The van der Waals surface area contributed by atoms with Gasteiger partial charge in [0, 0.05) is 11.1 Å². The van der Waals surface area contributed by atoms with E-state index in [9.17, 15) is 0 Å². The maximum atomic E-state index is 6.25. The standard InChI is InChI=1S/C12H8Br2Cl2OS/c1-17-10-4-8(15)7(3-9(10)16)12(14)6-2-11(13)18-5-6/h2-5,12H,1H3. The van der Waals surface area contributed by atoms with E-state index in [0.29, 0.717) is 15.8 Å². The van der Waals surface area contributed by atoms with Crippen LogP contribution in [0.1, 0.15) is 16.0 Å². The van der Waals surface area contributed by atoms with E-state index >= 15 is 0 Å². The molecule has 0 amide bonds. The molecule has 1 aromatic carbocycles. The Labute approximate surface area is 136 Å². The van der Waals surface area contributed by atoms with Crippen molar-refractivity contribution in [3.63, 3.8) is 0 Å². The zero-order valence-electron chi connectivity index (χ0n) is 9.22. The number of benzene rings is 1. The van der Waals surface area contributed by atoms with E-state index in [0.717, 1.165) is 14.9 Å². The first kappa shape index (κ1) is 14.7. The molecule has 96 valence electrons. The number of hydrogen-bond acceptors (Lipinski definition) is 2. The molecule has 2 aromatic rings. The van der Waals surface area contributed by atoms with Gasteiger partial charge in [0.25, 0.3) is 0 Å². The fourth-order valence-electron chi connectivity index (χ4n) is 1.53. The summed E-state index contributed by atoms with van der Waals surface area (Å²) in [5.74, 6) is 0.580. The summed E-state index contributed by atoms with van der Waals surface area (Å²) in [7, 11) is 1.57. The van der Waals surface area contributed by atoms with Gasteiger partial charge in [-0.3, -0.25) is 0 Å². The van der Waals surface area contributed by atoms with Crippen LogP contribution in [0.25, 0.3) is 0 Å². The normalized spacial score (nSPS) is 12.5. The summed E-state index contributed by atoms with van der Waals surface area (Å²) in [5, 5.41) is 3.24. The predicted molar refractivity (Wildman–Crippen MR) is 85.8 cm³/mol. The third-order valence-electron chi connectivity index (χ3n) is 2.42. The van der Waals surface area contributed by atoms with Crippen molar-refractivity contribution in [2.45, 2.75) is 4.83 Å². The van der Waals surface area contributed by atoms with Crippen molar-refractivity contribution in [1.29, 1.82) is 0 Å². The Balaban J connectivity index is 2.42. The van der Waals surface area contributed by atoms with Gasteiger partial charge in [-0.15, -0.1) is 11.3 Å². The molecule has 0 saturated heterocycles.